The summed E-state index contributed by atoms with van der Waals surface area (Å²) < 4.78 is 8.47. The Morgan fingerprint density at radius 3 is 2.73 bits per heavy atom. The molecular formula is C23H24Cl2N8O4. The molecule has 0 aliphatic carbocycles. The van der Waals surface area contributed by atoms with Crippen molar-refractivity contribution >= 4 is 51.4 Å². The highest BCUT2D eigenvalue weighted by molar-refractivity contribution is 6.31. The quantitative estimate of drug-likeness (QED) is 0.355. The van der Waals surface area contributed by atoms with E-state index in [1.54, 1.807) is 36.2 Å². The summed E-state index contributed by atoms with van der Waals surface area (Å²) in [5, 5.41) is 19.8. The summed E-state index contributed by atoms with van der Waals surface area (Å²) >= 11 is 12.2. The molecule has 1 N–H and O–H groups in total. The summed E-state index contributed by atoms with van der Waals surface area (Å²) in [5.74, 6) is -0.252. The largest absolute Gasteiger partial charge is 0.385 e. The van der Waals surface area contributed by atoms with Crippen molar-refractivity contribution in [3.05, 3.63) is 59.0 Å². The Morgan fingerprint density at radius 2 is 2.00 bits per heavy atom. The molecule has 14 heteroatoms. The SMILES string of the molecule is COCC[C@@H](C(=O)Nc1ccc2nn(C)cc2c1)N1CON(c2cc(Cl)ccc2-n2cc(Cl)nn2)CO1. The summed E-state index contributed by atoms with van der Waals surface area (Å²) in [7, 11) is 3.43. The van der Waals surface area contributed by atoms with E-state index in [4.69, 9.17) is 37.6 Å². The fourth-order valence-corrected chi connectivity index (χ4v) is 4.28. The van der Waals surface area contributed by atoms with Crippen LogP contribution >= 0.6 is 23.2 Å². The van der Waals surface area contributed by atoms with Gasteiger partial charge in [-0.15, -0.1) is 10.2 Å². The summed E-state index contributed by atoms with van der Waals surface area (Å²) in [6.45, 7) is 0.330. The van der Waals surface area contributed by atoms with Gasteiger partial charge in [0.2, 0.25) is 5.91 Å². The number of nitrogens with zero attached hydrogens (tertiary/aromatic N) is 7. The van der Waals surface area contributed by atoms with Crippen molar-refractivity contribution in [3.63, 3.8) is 0 Å². The number of rotatable bonds is 8. The molecule has 0 radical (unpaired) electrons. The Morgan fingerprint density at radius 1 is 1.14 bits per heavy atom. The van der Waals surface area contributed by atoms with Crippen LogP contribution in [0.4, 0.5) is 11.4 Å². The standard InChI is InChI=1S/C23H24Cl2N8O4/c1-30-11-15-9-17(4-5-18(15)28-30)26-23(34)20(7-8-35-2)32-13-37-33(14-36-32)21-10-16(24)3-6-19(21)31-12-22(25)27-29-31/h3-6,9-12,20H,7-8,13-14H2,1-2H3,(H,26,34)/t20-/m0/s1. The van der Waals surface area contributed by atoms with E-state index in [2.05, 4.69) is 20.7 Å². The Hall–Kier alpha value is -3.26. The normalized spacial score (nSPS) is 15.3. The number of nitrogens with one attached hydrogen (secondary N) is 1. The summed E-state index contributed by atoms with van der Waals surface area (Å²) in [6, 6.07) is 10.1. The number of carbonyl (C=O) groups excluding carboxylic acids is 1. The van der Waals surface area contributed by atoms with Crippen LogP contribution in [0.1, 0.15) is 6.42 Å². The summed E-state index contributed by atoms with van der Waals surface area (Å²) in [4.78, 5) is 25.2. The summed E-state index contributed by atoms with van der Waals surface area (Å²) in [6.07, 6.45) is 3.85. The van der Waals surface area contributed by atoms with E-state index in [1.807, 2.05) is 31.4 Å². The second kappa shape index (κ2) is 11.0. The second-order valence-corrected chi connectivity index (χ2v) is 9.12. The highest BCUT2D eigenvalue weighted by Crippen LogP contribution is 2.30. The molecule has 3 heterocycles. The molecule has 5 rings (SSSR count). The Kier molecular flexibility index (Phi) is 7.55. The molecule has 1 saturated heterocycles. The number of aryl methyl sites for hydroxylation is 1. The number of hydroxylamine groups is 3. The number of anilines is 2. The van der Waals surface area contributed by atoms with Crippen LogP contribution in [0.5, 0.6) is 0 Å². The first-order valence-corrected chi connectivity index (χ1v) is 12.1. The molecule has 1 atom stereocenters. The van der Waals surface area contributed by atoms with Crippen LogP contribution in [0.25, 0.3) is 16.6 Å². The molecule has 0 spiro atoms. The van der Waals surface area contributed by atoms with E-state index in [-0.39, 0.29) is 24.5 Å². The van der Waals surface area contributed by atoms with Gasteiger partial charge in [-0.1, -0.05) is 28.4 Å². The molecular weight excluding hydrogens is 523 g/mol. The van der Waals surface area contributed by atoms with E-state index in [1.165, 1.54) is 14.8 Å². The molecule has 194 valence electrons. The molecule has 0 unspecified atom stereocenters. The number of benzene rings is 2. The van der Waals surface area contributed by atoms with E-state index >= 15 is 0 Å². The number of carbonyl (C=O) groups is 1. The molecule has 0 bridgehead atoms. The van der Waals surface area contributed by atoms with Crippen molar-refractivity contribution in [2.24, 2.45) is 7.05 Å². The lowest BCUT2D eigenvalue weighted by molar-refractivity contribution is -0.280. The van der Waals surface area contributed by atoms with Gasteiger partial charge < -0.3 is 10.1 Å². The highest BCUT2D eigenvalue weighted by atomic mass is 35.5. The molecule has 2 aromatic carbocycles. The lowest BCUT2D eigenvalue weighted by Gasteiger charge is -2.38. The van der Waals surface area contributed by atoms with Crippen LogP contribution in [-0.2, 0) is 26.3 Å². The van der Waals surface area contributed by atoms with Gasteiger partial charge in [-0.05, 0) is 42.8 Å². The maximum absolute atomic E-state index is 13.3. The number of fused-ring (bicyclic) bond motifs is 1. The van der Waals surface area contributed by atoms with Gasteiger partial charge >= 0.3 is 0 Å². The smallest absolute Gasteiger partial charge is 0.244 e. The molecule has 1 amide bonds. The highest BCUT2D eigenvalue weighted by Gasteiger charge is 2.32. The van der Waals surface area contributed by atoms with Crippen molar-refractivity contribution in [1.82, 2.24) is 29.8 Å². The van der Waals surface area contributed by atoms with Gasteiger partial charge in [0.15, 0.2) is 18.6 Å². The van der Waals surface area contributed by atoms with Crippen LogP contribution in [0.2, 0.25) is 10.2 Å². The van der Waals surface area contributed by atoms with Crippen molar-refractivity contribution in [1.29, 1.82) is 0 Å². The molecule has 2 aromatic heterocycles. The number of amides is 1. The minimum atomic E-state index is -0.667. The van der Waals surface area contributed by atoms with Gasteiger partial charge in [0, 0.05) is 43.1 Å². The second-order valence-electron chi connectivity index (χ2n) is 8.29. The first kappa shape index (κ1) is 25.4. The van der Waals surface area contributed by atoms with Crippen LogP contribution < -0.4 is 10.4 Å². The van der Waals surface area contributed by atoms with Crippen molar-refractivity contribution in [2.45, 2.75) is 12.5 Å². The average molecular weight is 547 g/mol. The average Bonchev–Trinajstić information content (AvgIpc) is 3.48. The number of halogens is 2. The minimum absolute atomic E-state index is 0.00578. The van der Waals surface area contributed by atoms with Crippen molar-refractivity contribution in [2.75, 3.05) is 37.6 Å². The van der Waals surface area contributed by atoms with Gasteiger partial charge in [-0.3, -0.25) is 19.2 Å². The molecule has 37 heavy (non-hydrogen) atoms. The number of aromatic nitrogens is 5. The van der Waals surface area contributed by atoms with Gasteiger partial charge in [0.05, 0.1) is 23.1 Å². The van der Waals surface area contributed by atoms with E-state index in [0.29, 0.717) is 35.1 Å². The number of hydrogen-bond donors (Lipinski definition) is 1. The van der Waals surface area contributed by atoms with Gasteiger partial charge in [0.25, 0.3) is 0 Å². The van der Waals surface area contributed by atoms with Gasteiger partial charge in [-0.2, -0.15) is 5.10 Å². The van der Waals surface area contributed by atoms with Gasteiger partial charge in [0.1, 0.15) is 6.04 Å². The Bertz CT molecular complexity index is 1400. The number of hydrogen-bond acceptors (Lipinski definition) is 9. The van der Waals surface area contributed by atoms with Crippen molar-refractivity contribution < 1.29 is 19.2 Å². The third-order valence-electron chi connectivity index (χ3n) is 5.73. The molecule has 1 fully saturated rings. The maximum atomic E-state index is 13.3. The van der Waals surface area contributed by atoms with E-state index < -0.39 is 6.04 Å². The van der Waals surface area contributed by atoms with Gasteiger partial charge in [-0.25, -0.2) is 9.75 Å². The number of ether oxygens (including phenoxy) is 1. The molecule has 12 nitrogen and oxygen atoms in total. The third-order valence-corrected chi connectivity index (χ3v) is 6.14. The minimum Gasteiger partial charge on any atom is -0.385 e. The van der Waals surface area contributed by atoms with Crippen molar-refractivity contribution in [3.8, 4) is 5.69 Å². The maximum Gasteiger partial charge on any atom is 0.244 e. The first-order chi connectivity index (χ1) is 17.9. The summed E-state index contributed by atoms with van der Waals surface area (Å²) in [5.41, 5.74) is 2.73. The fraction of sp³-hybridized carbons (Fsp3) is 0.304. The predicted octanol–water partition coefficient (Wildman–Crippen LogP) is 3.40. The van der Waals surface area contributed by atoms with Crippen LogP contribution in [-0.4, -0.2) is 69.0 Å². The zero-order chi connectivity index (χ0) is 25.9. The van der Waals surface area contributed by atoms with Crippen LogP contribution in [0, 0.1) is 0 Å². The molecule has 0 saturated carbocycles. The third kappa shape index (κ3) is 5.69. The molecule has 1 aliphatic heterocycles. The van der Waals surface area contributed by atoms with E-state index in [0.717, 1.165) is 10.9 Å². The predicted molar refractivity (Wildman–Crippen MR) is 137 cm³/mol. The zero-order valence-electron chi connectivity index (χ0n) is 20.0. The number of methoxy groups -OCH3 is 1. The van der Waals surface area contributed by atoms with E-state index in [9.17, 15) is 4.79 Å². The molecule has 4 aromatic rings. The Labute approximate surface area is 222 Å². The van der Waals surface area contributed by atoms with Crippen LogP contribution in [0.15, 0.2) is 48.8 Å². The Balaban J connectivity index is 1.30. The lowest BCUT2D eigenvalue weighted by Crippen LogP contribution is -2.52. The topological polar surface area (TPSA) is 112 Å². The molecule has 1 aliphatic rings. The van der Waals surface area contributed by atoms with Crippen LogP contribution in [0.3, 0.4) is 0 Å². The monoisotopic (exact) mass is 546 g/mol. The fourth-order valence-electron chi connectivity index (χ4n) is 3.99. The first-order valence-electron chi connectivity index (χ1n) is 11.3. The lowest BCUT2D eigenvalue weighted by atomic mass is 10.1. The zero-order valence-corrected chi connectivity index (χ0v) is 21.6.